The van der Waals surface area contributed by atoms with Gasteiger partial charge in [-0.25, -0.2) is 18.4 Å². The standard InChI is InChI=1S/C14H19N3O3S/c1-20-8-4-13-16-12-3-2-7-15-14(12)17(13)11-5-9-21(18,19)10-6-11/h2-3,7,11H,4-6,8-10H2,1H3. The lowest BCUT2D eigenvalue weighted by atomic mass is 10.1. The van der Waals surface area contributed by atoms with E-state index in [1.165, 1.54) is 0 Å². The molecular formula is C14H19N3O3S. The zero-order valence-corrected chi connectivity index (χ0v) is 12.8. The second kappa shape index (κ2) is 5.73. The third-order valence-corrected chi connectivity index (χ3v) is 5.66. The van der Waals surface area contributed by atoms with Crippen molar-refractivity contribution >= 4 is 21.0 Å². The summed E-state index contributed by atoms with van der Waals surface area (Å²) in [7, 11) is -1.20. The highest BCUT2D eigenvalue weighted by Gasteiger charge is 2.27. The normalized spacial score (nSPS) is 19.1. The molecule has 21 heavy (non-hydrogen) atoms. The van der Waals surface area contributed by atoms with Gasteiger partial charge >= 0.3 is 0 Å². The third kappa shape index (κ3) is 2.94. The first-order chi connectivity index (χ1) is 10.1. The van der Waals surface area contributed by atoms with Gasteiger partial charge in [-0.1, -0.05) is 0 Å². The number of fused-ring (bicyclic) bond motifs is 1. The van der Waals surface area contributed by atoms with Crippen molar-refractivity contribution in [3.8, 4) is 0 Å². The van der Waals surface area contributed by atoms with E-state index in [1.807, 2.05) is 12.1 Å². The summed E-state index contributed by atoms with van der Waals surface area (Å²) in [6.07, 6.45) is 3.71. The van der Waals surface area contributed by atoms with Gasteiger partial charge in [-0.3, -0.25) is 0 Å². The minimum absolute atomic E-state index is 0.153. The van der Waals surface area contributed by atoms with E-state index < -0.39 is 9.84 Å². The lowest BCUT2D eigenvalue weighted by Gasteiger charge is -2.25. The molecule has 0 atom stereocenters. The molecule has 0 saturated carbocycles. The molecule has 3 rings (SSSR count). The minimum Gasteiger partial charge on any atom is -0.384 e. The molecule has 0 amide bonds. The Morgan fingerprint density at radius 1 is 1.38 bits per heavy atom. The number of ether oxygens (including phenoxy) is 1. The maximum Gasteiger partial charge on any atom is 0.160 e. The van der Waals surface area contributed by atoms with Crippen LogP contribution in [-0.2, 0) is 21.0 Å². The first kappa shape index (κ1) is 14.5. The van der Waals surface area contributed by atoms with Gasteiger partial charge in [0.25, 0.3) is 0 Å². The summed E-state index contributed by atoms with van der Waals surface area (Å²) in [5, 5.41) is 0. The number of rotatable bonds is 4. The van der Waals surface area contributed by atoms with Crippen LogP contribution in [0.3, 0.4) is 0 Å². The van der Waals surface area contributed by atoms with Crippen LogP contribution in [0.2, 0.25) is 0 Å². The number of aromatic nitrogens is 3. The SMILES string of the molecule is COCCc1nc2cccnc2n1C1CCS(=O)(=O)CC1. The smallest absolute Gasteiger partial charge is 0.160 e. The highest BCUT2D eigenvalue weighted by Crippen LogP contribution is 2.29. The van der Waals surface area contributed by atoms with Crippen molar-refractivity contribution in [2.45, 2.75) is 25.3 Å². The Hall–Kier alpha value is -1.47. The van der Waals surface area contributed by atoms with Crippen LogP contribution < -0.4 is 0 Å². The highest BCUT2D eigenvalue weighted by atomic mass is 32.2. The number of hydrogen-bond acceptors (Lipinski definition) is 5. The summed E-state index contributed by atoms with van der Waals surface area (Å²) >= 11 is 0. The van der Waals surface area contributed by atoms with Crippen LogP contribution in [0, 0.1) is 0 Å². The molecule has 0 N–H and O–H groups in total. The molecule has 0 bridgehead atoms. The second-order valence-corrected chi connectivity index (χ2v) is 7.67. The van der Waals surface area contributed by atoms with E-state index in [0.717, 1.165) is 17.0 Å². The zero-order chi connectivity index (χ0) is 14.9. The Morgan fingerprint density at radius 2 is 2.14 bits per heavy atom. The second-order valence-electron chi connectivity index (χ2n) is 5.37. The summed E-state index contributed by atoms with van der Waals surface area (Å²) in [6.45, 7) is 0.592. The van der Waals surface area contributed by atoms with Crippen molar-refractivity contribution in [2.24, 2.45) is 0 Å². The first-order valence-corrected chi connectivity index (χ1v) is 8.94. The van der Waals surface area contributed by atoms with Gasteiger partial charge in [0.15, 0.2) is 5.65 Å². The summed E-state index contributed by atoms with van der Waals surface area (Å²) in [5.41, 5.74) is 1.70. The average molecular weight is 309 g/mol. The monoisotopic (exact) mass is 309 g/mol. The molecule has 6 nitrogen and oxygen atoms in total. The number of methoxy groups -OCH3 is 1. The molecule has 2 aromatic heterocycles. The molecule has 0 radical (unpaired) electrons. The van der Waals surface area contributed by atoms with Crippen molar-refractivity contribution in [3.05, 3.63) is 24.2 Å². The van der Waals surface area contributed by atoms with Crippen LogP contribution in [0.4, 0.5) is 0 Å². The largest absolute Gasteiger partial charge is 0.384 e. The van der Waals surface area contributed by atoms with E-state index in [4.69, 9.17) is 4.74 Å². The molecule has 1 aliphatic heterocycles. The van der Waals surface area contributed by atoms with E-state index in [2.05, 4.69) is 14.5 Å². The molecule has 0 aromatic carbocycles. The molecule has 7 heteroatoms. The number of sulfone groups is 1. The summed E-state index contributed by atoms with van der Waals surface area (Å²) in [4.78, 5) is 9.06. The van der Waals surface area contributed by atoms with Crippen molar-refractivity contribution in [2.75, 3.05) is 25.2 Å². The molecule has 0 aliphatic carbocycles. The molecule has 1 fully saturated rings. The fourth-order valence-corrected chi connectivity index (χ4v) is 4.33. The lowest BCUT2D eigenvalue weighted by molar-refractivity contribution is 0.199. The van der Waals surface area contributed by atoms with Crippen molar-refractivity contribution in [1.29, 1.82) is 0 Å². The number of pyridine rings is 1. The van der Waals surface area contributed by atoms with E-state index in [9.17, 15) is 8.42 Å². The maximum atomic E-state index is 11.6. The van der Waals surface area contributed by atoms with Gasteiger partial charge in [-0.15, -0.1) is 0 Å². The predicted octanol–water partition coefficient (Wildman–Crippen LogP) is 1.37. The molecule has 2 aromatic rings. The first-order valence-electron chi connectivity index (χ1n) is 7.12. The van der Waals surface area contributed by atoms with E-state index >= 15 is 0 Å². The molecule has 1 saturated heterocycles. The van der Waals surface area contributed by atoms with Gasteiger partial charge in [0.05, 0.1) is 18.1 Å². The van der Waals surface area contributed by atoms with Crippen LogP contribution in [-0.4, -0.2) is 48.2 Å². The van der Waals surface area contributed by atoms with E-state index in [1.54, 1.807) is 13.3 Å². The number of imidazole rings is 1. The molecule has 3 heterocycles. The lowest BCUT2D eigenvalue weighted by Crippen LogP contribution is -2.26. The summed E-state index contributed by atoms with van der Waals surface area (Å²) < 4.78 is 30.5. The van der Waals surface area contributed by atoms with Crippen molar-refractivity contribution in [1.82, 2.24) is 14.5 Å². The Morgan fingerprint density at radius 3 is 2.86 bits per heavy atom. The van der Waals surface area contributed by atoms with Crippen LogP contribution >= 0.6 is 0 Å². The van der Waals surface area contributed by atoms with Crippen LogP contribution in [0.1, 0.15) is 24.7 Å². The molecular weight excluding hydrogens is 290 g/mol. The van der Waals surface area contributed by atoms with Gasteiger partial charge in [0, 0.05) is 25.8 Å². The topological polar surface area (TPSA) is 74.1 Å². The average Bonchev–Trinajstić information content (AvgIpc) is 2.83. The van der Waals surface area contributed by atoms with Gasteiger partial charge < -0.3 is 9.30 Å². The minimum atomic E-state index is -2.87. The van der Waals surface area contributed by atoms with E-state index in [-0.39, 0.29) is 17.5 Å². The molecule has 0 unspecified atom stereocenters. The molecule has 1 aliphatic rings. The van der Waals surface area contributed by atoms with Crippen molar-refractivity contribution in [3.63, 3.8) is 0 Å². The summed E-state index contributed by atoms with van der Waals surface area (Å²) in [6, 6.07) is 3.96. The van der Waals surface area contributed by atoms with Crippen LogP contribution in [0.25, 0.3) is 11.2 Å². The Kier molecular flexibility index (Phi) is 3.95. The van der Waals surface area contributed by atoms with Crippen molar-refractivity contribution < 1.29 is 13.2 Å². The highest BCUT2D eigenvalue weighted by molar-refractivity contribution is 7.91. The Labute approximate surface area is 124 Å². The fourth-order valence-electron chi connectivity index (χ4n) is 2.87. The fraction of sp³-hybridized carbons (Fsp3) is 0.571. The predicted molar refractivity (Wildman–Crippen MR) is 80.0 cm³/mol. The molecule has 0 spiro atoms. The third-order valence-electron chi connectivity index (χ3n) is 3.94. The van der Waals surface area contributed by atoms with Crippen LogP contribution in [0.15, 0.2) is 18.3 Å². The number of nitrogens with zero attached hydrogens (tertiary/aromatic N) is 3. The Bertz CT molecular complexity index is 725. The van der Waals surface area contributed by atoms with Gasteiger partial charge in [-0.2, -0.15) is 0 Å². The quantitative estimate of drug-likeness (QED) is 0.853. The van der Waals surface area contributed by atoms with Gasteiger partial charge in [0.1, 0.15) is 21.2 Å². The van der Waals surface area contributed by atoms with E-state index in [0.29, 0.717) is 25.9 Å². The van der Waals surface area contributed by atoms with Gasteiger partial charge in [-0.05, 0) is 25.0 Å². The van der Waals surface area contributed by atoms with Gasteiger partial charge in [0.2, 0.25) is 0 Å². The molecule has 114 valence electrons. The number of hydrogen-bond donors (Lipinski definition) is 0. The Balaban J connectivity index is 1.99. The van der Waals surface area contributed by atoms with Crippen LogP contribution in [0.5, 0.6) is 0 Å². The summed E-state index contributed by atoms with van der Waals surface area (Å²) in [5.74, 6) is 1.41. The zero-order valence-electron chi connectivity index (χ0n) is 12.0. The maximum absolute atomic E-state index is 11.6.